The van der Waals surface area contributed by atoms with Crippen LogP contribution >= 0.6 is 0 Å². The van der Waals surface area contributed by atoms with E-state index in [4.69, 9.17) is 5.73 Å². The number of fused-ring (bicyclic) bond motifs is 1. The van der Waals surface area contributed by atoms with E-state index < -0.39 is 0 Å². The van der Waals surface area contributed by atoms with Gasteiger partial charge < -0.3 is 10.6 Å². The fourth-order valence-electron chi connectivity index (χ4n) is 2.24. The van der Waals surface area contributed by atoms with Crippen LogP contribution in [0, 0.1) is 0 Å². The maximum absolute atomic E-state index is 12.5. The van der Waals surface area contributed by atoms with Gasteiger partial charge in [-0.25, -0.2) is 0 Å². The van der Waals surface area contributed by atoms with Crippen LogP contribution in [0.1, 0.15) is 23.2 Å². The van der Waals surface area contributed by atoms with Gasteiger partial charge in [0.1, 0.15) is 0 Å². The van der Waals surface area contributed by atoms with Gasteiger partial charge in [-0.2, -0.15) is 0 Å². The third-order valence-electron chi connectivity index (χ3n) is 3.33. The molecule has 5 nitrogen and oxygen atoms in total. The molecule has 2 N–H and O–H groups in total. The lowest BCUT2D eigenvalue weighted by molar-refractivity contribution is 0.0748. The van der Waals surface area contributed by atoms with Crippen LogP contribution in [-0.2, 0) is 0 Å². The fourth-order valence-corrected chi connectivity index (χ4v) is 2.24. The van der Waals surface area contributed by atoms with E-state index in [0.29, 0.717) is 24.7 Å². The number of nitrogens with zero attached hydrogens (tertiary/aromatic N) is 3. The molecule has 0 spiro atoms. The molecule has 0 atom stereocenters. The molecule has 1 amide bonds. The van der Waals surface area contributed by atoms with Crippen LogP contribution in [0.5, 0.6) is 0 Å². The molecule has 0 aliphatic heterocycles. The first kappa shape index (κ1) is 12.0. The first-order valence-electron chi connectivity index (χ1n) is 6.51. The number of nitrogens with two attached hydrogens (primary N) is 1. The number of hydrogen-bond acceptors (Lipinski definition) is 4. The lowest BCUT2D eigenvalue weighted by atomic mass is 10.1. The number of benzene rings is 1. The Labute approximate surface area is 111 Å². The molecule has 3 rings (SSSR count). The topological polar surface area (TPSA) is 72.1 Å². The van der Waals surface area contributed by atoms with Crippen molar-refractivity contribution in [1.82, 2.24) is 14.9 Å². The minimum atomic E-state index is 0.0421. The second-order valence-electron chi connectivity index (χ2n) is 4.78. The molecule has 2 aromatic rings. The largest absolute Gasteiger partial charge is 0.334 e. The second kappa shape index (κ2) is 4.93. The van der Waals surface area contributed by atoms with Crippen molar-refractivity contribution in [3.8, 4) is 0 Å². The van der Waals surface area contributed by atoms with Crippen LogP contribution in [-0.4, -0.2) is 39.9 Å². The van der Waals surface area contributed by atoms with Gasteiger partial charge in [-0.1, -0.05) is 0 Å². The van der Waals surface area contributed by atoms with E-state index >= 15 is 0 Å². The average molecular weight is 256 g/mol. The predicted molar refractivity (Wildman–Crippen MR) is 72.7 cm³/mol. The Hall–Kier alpha value is -2.01. The highest BCUT2D eigenvalue weighted by Gasteiger charge is 2.32. The van der Waals surface area contributed by atoms with Gasteiger partial charge in [0.2, 0.25) is 0 Å². The van der Waals surface area contributed by atoms with Crippen LogP contribution in [0.15, 0.2) is 30.6 Å². The lowest BCUT2D eigenvalue weighted by Gasteiger charge is -2.21. The number of carbonyl (C=O) groups is 1. The van der Waals surface area contributed by atoms with Crippen molar-refractivity contribution in [3.05, 3.63) is 36.2 Å². The van der Waals surface area contributed by atoms with Gasteiger partial charge in [-0.3, -0.25) is 14.8 Å². The second-order valence-corrected chi connectivity index (χ2v) is 4.78. The molecule has 0 unspecified atom stereocenters. The predicted octanol–water partition coefficient (Wildman–Crippen LogP) is 1.19. The van der Waals surface area contributed by atoms with Crippen molar-refractivity contribution in [3.63, 3.8) is 0 Å². The quantitative estimate of drug-likeness (QED) is 0.892. The summed E-state index contributed by atoms with van der Waals surface area (Å²) >= 11 is 0. The molecule has 5 heteroatoms. The van der Waals surface area contributed by atoms with Gasteiger partial charge in [0, 0.05) is 37.1 Å². The van der Waals surface area contributed by atoms with Crippen molar-refractivity contribution < 1.29 is 4.79 Å². The third-order valence-corrected chi connectivity index (χ3v) is 3.33. The molecule has 1 fully saturated rings. The van der Waals surface area contributed by atoms with Crippen molar-refractivity contribution in [1.29, 1.82) is 0 Å². The van der Waals surface area contributed by atoms with Crippen LogP contribution < -0.4 is 5.73 Å². The summed E-state index contributed by atoms with van der Waals surface area (Å²) in [6, 6.07) is 5.82. The lowest BCUT2D eigenvalue weighted by Crippen LogP contribution is -2.37. The third kappa shape index (κ3) is 2.42. The smallest absolute Gasteiger partial charge is 0.254 e. The van der Waals surface area contributed by atoms with Crippen LogP contribution in [0.3, 0.4) is 0 Å². The maximum Gasteiger partial charge on any atom is 0.254 e. The Bertz CT molecular complexity index is 609. The molecule has 98 valence electrons. The van der Waals surface area contributed by atoms with Gasteiger partial charge in [0.25, 0.3) is 5.91 Å². The Morgan fingerprint density at radius 2 is 2.00 bits per heavy atom. The summed E-state index contributed by atoms with van der Waals surface area (Å²) in [6.07, 6.45) is 5.45. The molecule has 1 saturated carbocycles. The molecule has 19 heavy (non-hydrogen) atoms. The fraction of sp³-hybridized carbons (Fsp3) is 0.357. The summed E-state index contributed by atoms with van der Waals surface area (Å²) in [4.78, 5) is 22.8. The van der Waals surface area contributed by atoms with Crippen molar-refractivity contribution in [2.45, 2.75) is 18.9 Å². The minimum absolute atomic E-state index is 0.0421. The van der Waals surface area contributed by atoms with Crippen molar-refractivity contribution in [2.75, 3.05) is 13.1 Å². The van der Waals surface area contributed by atoms with E-state index in [2.05, 4.69) is 9.97 Å². The van der Waals surface area contributed by atoms with Gasteiger partial charge in [0.15, 0.2) is 0 Å². The monoisotopic (exact) mass is 256 g/mol. The Morgan fingerprint density at radius 1 is 1.26 bits per heavy atom. The minimum Gasteiger partial charge on any atom is -0.334 e. The Kier molecular flexibility index (Phi) is 3.13. The number of aromatic nitrogens is 2. The molecular weight excluding hydrogens is 240 g/mol. The molecule has 1 aliphatic carbocycles. The average Bonchev–Trinajstić information content (AvgIpc) is 3.28. The normalized spacial score (nSPS) is 14.6. The van der Waals surface area contributed by atoms with E-state index in [0.717, 1.165) is 23.9 Å². The molecule has 1 aromatic heterocycles. The van der Waals surface area contributed by atoms with Gasteiger partial charge >= 0.3 is 0 Å². The molecular formula is C14H16N4O. The van der Waals surface area contributed by atoms with E-state index in [1.54, 1.807) is 18.5 Å². The van der Waals surface area contributed by atoms with Crippen LogP contribution in [0.25, 0.3) is 11.0 Å². The Balaban J connectivity index is 1.91. The van der Waals surface area contributed by atoms with Gasteiger partial charge in [-0.15, -0.1) is 0 Å². The number of carbonyl (C=O) groups excluding carboxylic acids is 1. The summed E-state index contributed by atoms with van der Waals surface area (Å²) in [5.74, 6) is 0.0421. The zero-order valence-electron chi connectivity index (χ0n) is 10.6. The van der Waals surface area contributed by atoms with E-state index in [1.165, 1.54) is 0 Å². The summed E-state index contributed by atoms with van der Waals surface area (Å²) in [6.45, 7) is 1.11. The van der Waals surface area contributed by atoms with Crippen molar-refractivity contribution in [2.24, 2.45) is 5.73 Å². The highest BCUT2D eigenvalue weighted by atomic mass is 16.2. The highest BCUT2D eigenvalue weighted by Crippen LogP contribution is 2.28. The summed E-state index contributed by atoms with van der Waals surface area (Å²) in [7, 11) is 0. The number of hydrogen-bond donors (Lipinski definition) is 1. The summed E-state index contributed by atoms with van der Waals surface area (Å²) < 4.78 is 0. The number of rotatable bonds is 4. The molecule has 0 radical (unpaired) electrons. The summed E-state index contributed by atoms with van der Waals surface area (Å²) in [5.41, 5.74) is 7.79. The molecule has 1 heterocycles. The van der Waals surface area contributed by atoms with Crippen molar-refractivity contribution >= 4 is 16.9 Å². The molecule has 0 saturated heterocycles. The zero-order chi connectivity index (χ0) is 13.2. The van der Waals surface area contributed by atoms with E-state index in [9.17, 15) is 4.79 Å². The SMILES string of the molecule is NCCN(C(=O)c1ccc2nccnc2c1)C1CC1. The van der Waals surface area contributed by atoms with E-state index in [-0.39, 0.29) is 5.91 Å². The zero-order valence-corrected chi connectivity index (χ0v) is 10.6. The van der Waals surface area contributed by atoms with E-state index in [1.807, 2.05) is 17.0 Å². The Morgan fingerprint density at radius 3 is 2.68 bits per heavy atom. The van der Waals surface area contributed by atoms with Gasteiger partial charge in [-0.05, 0) is 31.0 Å². The van der Waals surface area contributed by atoms with Gasteiger partial charge in [0.05, 0.1) is 11.0 Å². The first-order valence-corrected chi connectivity index (χ1v) is 6.51. The van der Waals surface area contributed by atoms with Crippen LogP contribution in [0.2, 0.25) is 0 Å². The molecule has 0 bridgehead atoms. The first-order chi connectivity index (χ1) is 9.29. The molecule has 1 aromatic carbocycles. The molecule has 1 aliphatic rings. The standard InChI is InChI=1S/C14H16N4O/c15-5-8-18(11-2-3-11)14(19)10-1-4-12-13(9-10)17-7-6-16-12/h1,4,6-7,9,11H,2-3,5,8,15H2. The maximum atomic E-state index is 12.5. The number of amides is 1. The summed E-state index contributed by atoms with van der Waals surface area (Å²) in [5, 5.41) is 0. The van der Waals surface area contributed by atoms with Crippen LogP contribution in [0.4, 0.5) is 0 Å². The highest BCUT2D eigenvalue weighted by molar-refractivity contribution is 5.97.